The van der Waals surface area contributed by atoms with E-state index in [4.69, 9.17) is 5.73 Å². The van der Waals surface area contributed by atoms with Crippen LogP contribution in [-0.4, -0.2) is 6.04 Å². The van der Waals surface area contributed by atoms with Crippen LogP contribution in [0.2, 0.25) is 0 Å². The number of benzene rings is 1. The van der Waals surface area contributed by atoms with E-state index in [0.717, 1.165) is 36.1 Å². The van der Waals surface area contributed by atoms with Crippen molar-refractivity contribution in [2.45, 2.75) is 38.4 Å². The van der Waals surface area contributed by atoms with Gasteiger partial charge in [-0.2, -0.15) is 13.2 Å². The highest BCUT2D eigenvalue weighted by molar-refractivity contribution is 5.25. The quantitative estimate of drug-likeness (QED) is 0.795. The minimum atomic E-state index is -4.28. The minimum absolute atomic E-state index is 0.0431. The Morgan fingerprint density at radius 1 is 1.28 bits per heavy atom. The second-order valence-corrected chi connectivity index (χ2v) is 4.65. The monoisotopic (exact) mass is 257 g/mol. The van der Waals surface area contributed by atoms with Gasteiger partial charge >= 0.3 is 6.18 Å². The zero-order valence-corrected chi connectivity index (χ0v) is 10.4. The molecule has 0 saturated carbocycles. The van der Waals surface area contributed by atoms with Crippen molar-refractivity contribution in [3.63, 3.8) is 0 Å². The standard InChI is InChI=1S/C14H18F3N/c1-10(2)3-8-13(18)9-11-4-6-12(7-5-11)14(15,16)17/h4-7,13H,1,3,8-9,18H2,2H3. The van der Waals surface area contributed by atoms with Crippen molar-refractivity contribution in [3.8, 4) is 0 Å². The number of allylic oxidation sites excluding steroid dienone is 1. The maximum Gasteiger partial charge on any atom is 0.416 e. The van der Waals surface area contributed by atoms with Gasteiger partial charge in [0.2, 0.25) is 0 Å². The van der Waals surface area contributed by atoms with Crippen LogP contribution in [0.3, 0.4) is 0 Å². The Labute approximate surface area is 105 Å². The van der Waals surface area contributed by atoms with Gasteiger partial charge < -0.3 is 5.73 Å². The molecule has 1 rings (SSSR count). The highest BCUT2D eigenvalue weighted by atomic mass is 19.4. The van der Waals surface area contributed by atoms with Crippen molar-refractivity contribution in [3.05, 3.63) is 47.5 Å². The van der Waals surface area contributed by atoms with Crippen molar-refractivity contribution < 1.29 is 13.2 Å². The highest BCUT2D eigenvalue weighted by Gasteiger charge is 2.29. The Bertz CT molecular complexity index is 392. The van der Waals surface area contributed by atoms with Crippen molar-refractivity contribution in [1.29, 1.82) is 0 Å². The summed E-state index contributed by atoms with van der Waals surface area (Å²) in [7, 11) is 0. The topological polar surface area (TPSA) is 26.0 Å². The van der Waals surface area contributed by atoms with Crippen molar-refractivity contribution in [2.75, 3.05) is 0 Å². The number of alkyl halides is 3. The lowest BCUT2D eigenvalue weighted by molar-refractivity contribution is -0.137. The van der Waals surface area contributed by atoms with E-state index in [2.05, 4.69) is 6.58 Å². The van der Waals surface area contributed by atoms with Gasteiger partial charge in [0.05, 0.1) is 5.56 Å². The molecular weight excluding hydrogens is 239 g/mol. The Hall–Kier alpha value is -1.29. The first-order valence-corrected chi connectivity index (χ1v) is 5.85. The molecule has 0 radical (unpaired) electrons. The molecule has 0 heterocycles. The molecule has 1 aromatic rings. The van der Waals surface area contributed by atoms with Crippen LogP contribution < -0.4 is 5.73 Å². The van der Waals surface area contributed by atoms with Crippen molar-refractivity contribution in [2.24, 2.45) is 5.73 Å². The molecule has 0 fully saturated rings. The molecule has 0 aliphatic heterocycles. The third-order valence-electron chi connectivity index (χ3n) is 2.72. The van der Waals surface area contributed by atoms with E-state index in [1.54, 1.807) is 0 Å². The Kier molecular flexibility index (Phi) is 4.96. The first-order chi connectivity index (χ1) is 8.29. The third-order valence-corrected chi connectivity index (χ3v) is 2.72. The Morgan fingerprint density at radius 2 is 1.83 bits per heavy atom. The van der Waals surface area contributed by atoms with Crippen LogP contribution in [0.15, 0.2) is 36.4 Å². The molecule has 0 saturated heterocycles. The Morgan fingerprint density at radius 3 is 2.28 bits per heavy atom. The molecule has 100 valence electrons. The molecule has 1 nitrogen and oxygen atoms in total. The minimum Gasteiger partial charge on any atom is -0.327 e. The van der Waals surface area contributed by atoms with Gasteiger partial charge in [-0.25, -0.2) is 0 Å². The average Bonchev–Trinajstić information content (AvgIpc) is 2.26. The first-order valence-electron chi connectivity index (χ1n) is 5.85. The summed E-state index contributed by atoms with van der Waals surface area (Å²) >= 11 is 0. The summed E-state index contributed by atoms with van der Waals surface area (Å²) in [4.78, 5) is 0. The van der Waals surface area contributed by atoms with E-state index in [9.17, 15) is 13.2 Å². The van der Waals surface area contributed by atoms with Crippen molar-refractivity contribution in [1.82, 2.24) is 0 Å². The number of hydrogen-bond acceptors (Lipinski definition) is 1. The van der Waals surface area contributed by atoms with Crippen LogP contribution in [0, 0.1) is 0 Å². The lowest BCUT2D eigenvalue weighted by atomic mass is 10.00. The van der Waals surface area contributed by atoms with Crippen LogP contribution in [-0.2, 0) is 12.6 Å². The summed E-state index contributed by atoms with van der Waals surface area (Å²) in [6.07, 6.45) is -2.04. The van der Waals surface area contributed by atoms with E-state index in [0.29, 0.717) is 6.42 Å². The van der Waals surface area contributed by atoms with E-state index in [-0.39, 0.29) is 6.04 Å². The zero-order valence-electron chi connectivity index (χ0n) is 10.4. The molecule has 1 aromatic carbocycles. The summed E-state index contributed by atoms with van der Waals surface area (Å²) in [5, 5.41) is 0. The van der Waals surface area contributed by atoms with Gasteiger partial charge in [0.1, 0.15) is 0 Å². The molecule has 18 heavy (non-hydrogen) atoms. The summed E-state index contributed by atoms with van der Waals surface area (Å²) in [6.45, 7) is 5.73. The first kappa shape index (κ1) is 14.8. The maximum atomic E-state index is 12.4. The molecule has 0 aromatic heterocycles. The van der Waals surface area contributed by atoms with E-state index in [1.165, 1.54) is 12.1 Å². The lowest BCUT2D eigenvalue weighted by Crippen LogP contribution is -2.22. The molecule has 4 heteroatoms. The van der Waals surface area contributed by atoms with Crippen LogP contribution in [0.4, 0.5) is 13.2 Å². The number of nitrogens with two attached hydrogens (primary N) is 1. The summed E-state index contributed by atoms with van der Waals surface area (Å²) in [5.41, 5.74) is 7.19. The molecule has 0 amide bonds. The van der Waals surface area contributed by atoms with Crippen molar-refractivity contribution >= 4 is 0 Å². The predicted octanol–water partition coefficient (Wildman–Crippen LogP) is 3.93. The third kappa shape index (κ3) is 4.92. The Balaban J connectivity index is 2.56. The zero-order chi connectivity index (χ0) is 13.8. The van der Waals surface area contributed by atoms with E-state index >= 15 is 0 Å². The number of rotatable bonds is 5. The predicted molar refractivity (Wildman–Crippen MR) is 67.2 cm³/mol. The molecule has 2 N–H and O–H groups in total. The fourth-order valence-corrected chi connectivity index (χ4v) is 1.67. The largest absolute Gasteiger partial charge is 0.416 e. The molecule has 0 spiro atoms. The van der Waals surface area contributed by atoms with Crippen LogP contribution in [0.5, 0.6) is 0 Å². The number of halogens is 3. The summed E-state index contributed by atoms with van der Waals surface area (Å²) < 4.78 is 37.1. The molecule has 1 atom stereocenters. The van der Waals surface area contributed by atoms with Gasteiger partial charge in [-0.15, -0.1) is 6.58 Å². The molecular formula is C14H18F3N. The summed E-state index contributed by atoms with van der Waals surface area (Å²) in [6, 6.07) is 5.13. The second kappa shape index (κ2) is 6.05. The number of hydrogen-bond donors (Lipinski definition) is 1. The van der Waals surface area contributed by atoms with Gasteiger partial charge in [0, 0.05) is 6.04 Å². The second-order valence-electron chi connectivity index (χ2n) is 4.65. The van der Waals surface area contributed by atoms with E-state index in [1.807, 2.05) is 6.92 Å². The molecule has 0 bridgehead atoms. The average molecular weight is 257 g/mol. The normalized spacial score (nSPS) is 13.4. The van der Waals surface area contributed by atoms with Crippen LogP contribution in [0.1, 0.15) is 30.9 Å². The van der Waals surface area contributed by atoms with Gasteiger partial charge in [-0.1, -0.05) is 17.7 Å². The highest BCUT2D eigenvalue weighted by Crippen LogP contribution is 2.29. The van der Waals surface area contributed by atoms with Crippen LogP contribution >= 0.6 is 0 Å². The molecule has 0 aliphatic carbocycles. The smallest absolute Gasteiger partial charge is 0.327 e. The van der Waals surface area contributed by atoms with Gasteiger partial charge in [0.25, 0.3) is 0 Å². The van der Waals surface area contributed by atoms with Gasteiger partial charge in [-0.3, -0.25) is 0 Å². The van der Waals surface area contributed by atoms with Gasteiger partial charge in [0.15, 0.2) is 0 Å². The van der Waals surface area contributed by atoms with Crippen LogP contribution in [0.25, 0.3) is 0 Å². The molecule has 1 unspecified atom stereocenters. The SMILES string of the molecule is C=C(C)CCC(N)Cc1ccc(C(F)(F)F)cc1. The maximum absolute atomic E-state index is 12.4. The molecule has 0 aliphatic rings. The lowest BCUT2D eigenvalue weighted by Gasteiger charge is -2.12. The fourth-order valence-electron chi connectivity index (χ4n) is 1.67. The van der Waals surface area contributed by atoms with E-state index < -0.39 is 11.7 Å². The van der Waals surface area contributed by atoms with Gasteiger partial charge in [-0.05, 0) is 43.9 Å². The fraction of sp³-hybridized carbons (Fsp3) is 0.429. The summed E-state index contributed by atoms with van der Waals surface area (Å²) in [5.74, 6) is 0.